The molecule has 1 aliphatic heterocycles. The Morgan fingerprint density at radius 2 is 1.96 bits per heavy atom. The number of sulfonamides is 1. The molecule has 3 heterocycles. The van der Waals surface area contributed by atoms with Crippen molar-refractivity contribution in [2.45, 2.75) is 44.2 Å². The fraction of sp³-hybridized carbons (Fsp3) is 0.562. The van der Waals surface area contributed by atoms with Gasteiger partial charge < -0.3 is 9.47 Å². The molecule has 1 saturated heterocycles. The molecule has 0 bridgehead atoms. The van der Waals surface area contributed by atoms with E-state index in [0.29, 0.717) is 5.82 Å². The van der Waals surface area contributed by atoms with E-state index in [2.05, 4.69) is 24.6 Å². The first kappa shape index (κ1) is 17.8. The van der Waals surface area contributed by atoms with Crippen LogP contribution < -0.4 is 9.62 Å². The first-order chi connectivity index (χ1) is 11.9. The third-order valence-electron chi connectivity index (χ3n) is 4.22. The number of hydrogen-bond donors (Lipinski definition) is 1. The number of aryl methyl sites for hydroxylation is 1. The Bertz CT molecular complexity index is 840. The van der Waals surface area contributed by atoms with Gasteiger partial charge in [0.15, 0.2) is 5.03 Å². The summed E-state index contributed by atoms with van der Waals surface area (Å²) in [5, 5.41) is 0.0226. The molecular formula is C16H24N6O2S. The number of nitrogens with zero attached hydrogens (tertiary/aromatic N) is 5. The van der Waals surface area contributed by atoms with Crippen LogP contribution in [0.5, 0.6) is 0 Å². The molecule has 136 valence electrons. The lowest BCUT2D eigenvalue weighted by Crippen LogP contribution is -2.25. The molecule has 25 heavy (non-hydrogen) atoms. The topological polar surface area (TPSA) is 93.0 Å². The Hall–Kier alpha value is -2.00. The minimum atomic E-state index is -3.70. The van der Waals surface area contributed by atoms with Gasteiger partial charge in [-0.15, -0.1) is 0 Å². The van der Waals surface area contributed by atoms with Gasteiger partial charge in [0.2, 0.25) is 0 Å². The van der Waals surface area contributed by atoms with Crippen molar-refractivity contribution in [2.75, 3.05) is 18.0 Å². The molecule has 0 saturated carbocycles. The molecule has 1 aliphatic rings. The van der Waals surface area contributed by atoms with Crippen LogP contribution in [0, 0.1) is 0 Å². The van der Waals surface area contributed by atoms with Crippen molar-refractivity contribution in [3.05, 3.63) is 30.1 Å². The summed E-state index contributed by atoms with van der Waals surface area (Å²) < 4.78 is 29.2. The summed E-state index contributed by atoms with van der Waals surface area (Å²) in [6, 6.07) is 1.86. The quantitative estimate of drug-likeness (QED) is 0.833. The second-order valence-electron chi connectivity index (χ2n) is 6.55. The summed E-state index contributed by atoms with van der Waals surface area (Å²) in [4.78, 5) is 15.1. The molecular weight excluding hydrogens is 340 g/mol. The van der Waals surface area contributed by atoms with E-state index in [0.717, 1.165) is 37.6 Å². The average Bonchev–Trinajstić information content (AvgIpc) is 3.23. The van der Waals surface area contributed by atoms with Crippen molar-refractivity contribution < 1.29 is 8.42 Å². The highest BCUT2D eigenvalue weighted by atomic mass is 32.2. The highest BCUT2D eigenvalue weighted by molar-refractivity contribution is 7.89. The van der Waals surface area contributed by atoms with Crippen LogP contribution in [-0.4, -0.2) is 41.0 Å². The monoisotopic (exact) mass is 364 g/mol. The molecule has 1 fully saturated rings. The van der Waals surface area contributed by atoms with Gasteiger partial charge in [-0.2, -0.15) is 0 Å². The molecule has 0 spiro atoms. The molecule has 0 amide bonds. The fourth-order valence-corrected chi connectivity index (χ4v) is 3.93. The maximum atomic E-state index is 12.5. The average molecular weight is 364 g/mol. The number of nitrogens with one attached hydrogen (secondary N) is 1. The Labute approximate surface area is 148 Å². The van der Waals surface area contributed by atoms with E-state index in [1.54, 1.807) is 17.8 Å². The Morgan fingerprint density at radius 3 is 2.60 bits per heavy atom. The van der Waals surface area contributed by atoms with Gasteiger partial charge in [0.1, 0.15) is 17.5 Å². The molecule has 2 aromatic rings. The molecule has 0 radical (unpaired) electrons. The third kappa shape index (κ3) is 3.98. The van der Waals surface area contributed by atoms with Gasteiger partial charge in [0, 0.05) is 38.4 Å². The zero-order chi connectivity index (χ0) is 18.0. The van der Waals surface area contributed by atoms with E-state index < -0.39 is 10.0 Å². The van der Waals surface area contributed by atoms with E-state index in [1.165, 1.54) is 6.20 Å². The van der Waals surface area contributed by atoms with Crippen LogP contribution in [0.3, 0.4) is 0 Å². The Kier molecular flexibility index (Phi) is 5.05. The van der Waals surface area contributed by atoms with E-state index in [9.17, 15) is 8.42 Å². The van der Waals surface area contributed by atoms with Crippen molar-refractivity contribution in [1.29, 1.82) is 0 Å². The van der Waals surface area contributed by atoms with Crippen molar-refractivity contribution in [1.82, 2.24) is 24.2 Å². The van der Waals surface area contributed by atoms with Gasteiger partial charge in [-0.1, -0.05) is 13.8 Å². The van der Waals surface area contributed by atoms with Crippen LogP contribution in [0.15, 0.2) is 23.5 Å². The minimum absolute atomic E-state index is 0.0226. The first-order valence-corrected chi connectivity index (χ1v) is 9.95. The molecule has 8 nitrogen and oxygen atoms in total. The molecule has 9 heteroatoms. The lowest BCUT2D eigenvalue weighted by Gasteiger charge is -2.16. The Balaban J connectivity index is 1.72. The summed E-state index contributed by atoms with van der Waals surface area (Å²) >= 11 is 0. The van der Waals surface area contributed by atoms with Gasteiger partial charge in [-0.25, -0.2) is 28.1 Å². The zero-order valence-electron chi connectivity index (χ0n) is 14.8. The van der Waals surface area contributed by atoms with Crippen molar-refractivity contribution in [3.8, 4) is 0 Å². The first-order valence-electron chi connectivity index (χ1n) is 8.46. The van der Waals surface area contributed by atoms with Gasteiger partial charge in [0.05, 0.1) is 6.54 Å². The second-order valence-corrected chi connectivity index (χ2v) is 8.27. The smallest absolute Gasteiger partial charge is 0.260 e. The molecule has 2 aromatic heterocycles. The molecule has 0 aliphatic carbocycles. The number of imidazole rings is 1. The predicted octanol–water partition coefficient (Wildman–Crippen LogP) is 1.41. The number of hydrogen-bond acceptors (Lipinski definition) is 6. The summed E-state index contributed by atoms with van der Waals surface area (Å²) in [7, 11) is -1.91. The standard InChI is InChI=1S/C16H24N6O2S/c1-12(2)16-20-15(11-21(16)3)25(23,24)18-10-13-17-7-6-14(19-13)22-8-4-5-9-22/h6-7,11-12,18H,4-5,8-10H2,1-3H3. The van der Waals surface area contributed by atoms with Gasteiger partial charge in [0.25, 0.3) is 10.0 Å². The fourth-order valence-electron chi connectivity index (χ4n) is 2.95. The SMILES string of the molecule is CC(C)c1nc(S(=O)(=O)NCc2nccc(N3CCCC3)n2)cn1C. The minimum Gasteiger partial charge on any atom is -0.357 e. The van der Waals surface area contributed by atoms with Crippen LogP contribution in [0.1, 0.15) is 44.3 Å². The van der Waals surface area contributed by atoms with E-state index in [4.69, 9.17) is 0 Å². The molecule has 0 atom stereocenters. The van der Waals surface area contributed by atoms with Gasteiger partial charge in [-0.05, 0) is 18.9 Å². The third-order valence-corrected chi connectivity index (χ3v) is 5.49. The molecule has 0 aromatic carbocycles. The van der Waals surface area contributed by atoms with E-state index in [1.807, 2.05) is 19.9 Å². The van der Waals surface area contributed by atoms with Crippen LogP contribution in [0.4, 0.5) is 5.82 Å². The van der Waals surface area contributed by atoms with Crippen molar-refractivity contribution in [3.63, 3.8) is 0 Å². The van der Waals surface area contributed by atoms with Gasteiger partial charge >= 0.3 is 0 Å². The normalized spacial score (nSPS) is 15.3. The second kappa shape index (κ2) is 7.09. The summed E-state index contributed by atoms with van der Waals surface area (Å²) in [5.74, 6) is 2.18. The van der Waals surface area contributed by atoms with Crippen LogP contribution in [0.25, 0.3) is 0 Å². The number of rotatable bonds is 6. The summed E-state index contributed by atoms with van der Waals surface area (Å²) in [5.41, 5.74) is 0. The van der Waals surface area contributed by atoms with E-state index >= 15 is 0 Å². The maximum absolute atomic E-state index is 12.5. The summed E-state index contributed by atoms with van der Waals surface area (Å²) in [6.07, 6.45) is 5.51. The van der Waals surface area contributed by atoms with Crippen LogP contribution >= 0.6 is 0 Å². The maximum Gasteiger partial charge on any atom is 0.260 e. The van der Waals surface area contributed by atoms with Crippen LogP contribution in [-0.2, 0) is 23.6 Å². The number of aromatic nitrogens is 4. The highest BCUT2D eigenvalue weighted by Crippen LogP contribution is 2.18. The summed E-state index contributed by atoms with van der Waals surface area (Å²) in [6.45, 7) is 5.95. The van der Waals surface area contributed by atoms with Crippen molar-refractivity contribution >= 4 is 15.8 Å². The van der Waals surface area contributed by atoms with Crippen molar-refractivity contribution in [2.24, 2.45) is 7.05 Å². The largest absolute Gasteiger partial charge is 0.357 e. The molecule has 1 N–H and O–H groups in total. The molecule has 3 rings (SSSR count). The molecule has 0 unspecified atom stereocenters. The predicted molar refractivity (Wildman–Crippen MR) is 94.8 cm³/mol. The lowest BCUT2D eigenvalue weighted by molar-refractivity contribution is 0.575. The highest BCUT2D eigenvalue weighted by Gasteiger charge is 2.21. The number of anilines is 1. The Morgan fingerprint density at radius 1 is 1.24 bits per heavy atom. The van der Waals surface area contributed by atoms with Gasteiger partial charge in [-0.3, -0.25) is 0 Å². The van der Waals surface area contributed by atoms with Crippen LogP contribution in [0.2, 0.25) is 0 Å². The zero-order valence-corrected chi connectivity index (χ0v) is 15.6. The lowest BCUT2D eigenvalue weighted by atomic mass is 10.2. The van der Waals surface area contributed by atoms with E-state index in [-0.39, 0.29) is 17.5 Å².